The first-order valence-electron chi connectivity index (χ1n) is 14.8. The number of nitrogens with zero attached hydrogens (tertiary/aromatic N) is 2. The summed E-state index contributed by atoms with van der Waals surface area (Å²) in [4.78, 5) is 18.6. The number of carboxylic acids is 1. The number of benzene rings is 1. The summed E-state index contributed by atoms with van der Waals surface area (Å²) in [5.74, 6) is -0.813. The SMILES string of the molecule is CC.CCC/C=C(\C=C/C(C)CN1CC(C(=O)O)C1)C(/C)=N/OCc1ccc(C2CCCCC2)c(C(F)(F)F)c1. The van der Waals surface area contributed by atoms with Crippen LogP contribution in [0.15, 0.2) is 47.2 Å². The number of hydrogen-bond acceptors (Lipinski definition) is 4. The lowest BCUT2D eigenvalue weighted by molar-refractivity contribution is -0.147. The Morgan fingerprint density at radius 3 is 2.48 bits per heavy atom. The van der Waals surface area contributed by atoms with Gasteiger partial charge in [0.05, 0.1) is 17.2 Å². The number of likely N-dealkylation sites (tertiary alicyclic amines) is 1. The summed E-state index contributed by atoms with van der Waals surface area (Å²) in [6, 6.07) is 4.57. The minimum Gasteiger partial charge on any atom is -0.481 e. The van der Waals surface area contributed by atoms with Gasteiger partial charge in [0.25, 0.3) is 0 Å². The van der Waals surface area contributed by atoms with Crippen LogP contribution < -0.4 is 0 Å². The highest BCUT2D eigenvalue weighted by atomic mass is 19.4. The highest BCUT2D eigenvalue weighted by Crippen LogP contribution is 2.41. The number of allylic oxidation sites excluding steroid dienone is 3. The fraction of sp³-hybridized carbons (Fsp3) is 0.625. The van der Waals surface area contributed by atoms with E-state index in [1.54, 1.807) is 12.1 Å². The monoisotopic (exact) mass is 564 g/mol. The molecule has 2 aliphatic rings. The van der Waals surface area contributed by atoms with Crippen LogP contribution in [0.4, 0.5) is 13.2 Å². The summed E-state index contributed by atoms with van der Waals surface area (Å²) in [6.45, 7) is 11.9. The zero-order chi connectivity index (χ0) is 29.7. The van der Waals surface area contributed by atoms with Crippen molar-refractivity contribution >= 4 is 11.7 Å². The molecule has 40 heavy (non-hydrogen) atoms. The number of carboxylic acid groups (broad SMARTS) is 1. The molecule has 5 nitrogen and oxygen atoms in total. The molecule has 0 aromatic heterocycles. The quantitative estimate of drug-likeness (QED) is 0.157. The number of rotatable bonds is 12. The molecule has 0 amide bonds. The van der Waals surface area contributed by atoms with Gasteiger partial charge in [-0.2, -0.15) is 13.2 Å². The van der Waals surface area contributed by atoms with Gasteiger partial charge in [-0.05, 0) is 60.8 Å². The van der Waals surface area contributed by atoms with Crippen LogP contribution >= 0.6 is 0 Å². The molecule has 1 aromatic carbocycles. The minimum absolute atomic E-state index is 0.0317. The van der Waals surface area contributed by atoms with Gasteiger partial charge in [-0.3, -0.25) is 4.79 Å². The van der Waals surface area contributed by atoms with Crippen LogP contribution in [0.5, 0.6) is 0 Å². The van der Waals surface area contributed by atoms with Crippen molar-refractivity contribution in [2.24, 2.45) is 17.0 Å². The lowest BCUT2D eigenvalue weighted by Gasteiger charge is -2.37. The average Bonchev–Trinajstić information content (AvgIpc) is 2.91. The summed E-state index contributed by atoms with van der Waals surface area (Å²) >= 11 is 0. The van der Waals surface area contributed by atoms with E-state index in [9.17, 15) is 18.0 Å². The molecule has 0 bridgehead atoms. The molecule has 1 heterocycles. The van der Waals surface area contributed by atoms with Crippen molar-refractivity contribution in [3.05, 3.63) is 58.7 Å². The standard InChI is InChI=1S/C30H41F3N2O3.C2H6/c1-4-5-9-24(14-12-21(2)17-35-18-26(19-35)29(36)37)22(3)34-38-20-23-13-15-27(25-10-7-6-8-11-25)28(16-23)30(31,32)33;1-2/h9,12-16,21,25-26H,4-8,10-11,17-20H2,1-3H3,(H,36,37);1-2H3/b14-12-,24-9+,34-22+;. The van der Waals surface area contributed by atoms with E-state index in [4.69, 9.17) is 9.94 Å². The van der Waals surface area contributed by atoms with Gasteiger partial charge in [0.2, 0.25) is 0 Å². The third kappa shape index (κ3) is 10.4. The molecular weight excluding hydrogens is 517 g/mol. The van der Waals surface area contributed by atoms with Crippen LogP contribution in [0.25, 0.3) is 0 Å². The van der Waals surface area contributed by atoms with E-state index >= 15 is 0 Å². The number of halogens is 3. The Bertz CT molecular complexity index is 1020. The molecule has 1 saturated heterocycles. The first-order chi connectivity index (χ1) is 19.1. The highest BCUT2D eigenvalue weighted by molar-refractivity contribution is 6.00. The average molecular weight is 565 g/mol. The summed E-state index contributed by atoms with van der Waals surface area (Å²) < 4.78 is 41.6. The van der Waals surface area contributed by atoms with Crippen molar-refractivity contribution < 1.29 is 27.9 Å². The van der Waals surface area contributed by atoms with E-state index in [0.717, 1.165) is 57.1 Å². The summed E-state index contributed by atoms with van der Waals surface area (Å²) in [7, 11) is 0. The molecule has 1 unspecified atom stereocenters. The number of alkyl halides is 3. The molecular formula is C32H47F3N2O3. The van der Waals surface area contributed by atoms with Crippen LogP contribution in [-0.4, -0.2) is 41.3 Å². The van der Waals surface area contributed by atoms with Crippen molar-refractivity contribution in [3.8, 4) is 0 Å². The van der Waals surface area contributed by atoms with E-state index in [2.05, 4.69) is 36.1 Å². The van der Waals surface area contributed by atoms with Crippen molar-refractivity contribution in [3.63, 3.8) is 0 Å². The maximum atomic E-state index is 13.9. The molecule has 1 N–H and O–H groups in total. The molecule has 2 fully saturated rings. The predicted molar refractivity (Wildman–Crippen MR) is 155 cm³/mol. The fourth-order valence-electron chi connectivity index (χ4n) is 5.21. The summed E-state index contributed by atoms with van der Waals surface area (Å²) in [5, 5.41) is 13.3. The van der Waals surface area contributed by atoms with Gasteiger partial charge in [-0.25, -0.2) is 0 Å². The van der Waals surface area contributed by atoms with Gasteiger partial charge in [-0.15, -0.1) is 0 Å². The Kier molecular flexibility index (Phi) is 13.9. The Hall–Kier alpha value is -2.61. The van der Waals surface area contributed by atoms with Crippen LogP contribution in [-0.2, 0) is 22.4 Å². The van der Waals surface area contributed by atoms with E-state index in [1.807, 2.05) is 26.8 Å². The second-order valence-corrected chi connectivity index (χ2v) is 10.7. The van der Waals surface area contributed by atoms with Crippen LogP contribution in [0.3, 0.4) is 0 Å². The fourth-order valence-corrected chi connectivity index (χ4v) is 5.21. The number of oxime groups is 1. The van der Waals surface area contributed by atoms with E-state index < -0.39 is 17.7 Å². The molecule has 8 heteroatoms. The van der Waals surface area contributed by atoms with Gasteiger partial charge in [0, 0.05) is 19.6 Å². The molecule has 224 valence electrons. The van der Waals surface area contributed by atoms with Gasteiger partial charge in [0.15, 0.2) is 0 Å². The molecule has 0 spiro atoms. The maximum Gasteiger partial charge on any atom is 0.416 e. The first kappa shape index (κ1) is 33.6. The largest absolute Gasteiger partial charge is 0.481 e. The first-order valence-corrected chi connectivity index (χ1v) is 14.8. The number of carbonyl (C=O) groups is 1. The second-order valence-electron chi connectivity index (χ2n) is 10.7. The van der Waals surface area contributed by atoms with E-state index in [0.29, 0.717) is 29.9 Å². The zero-order valence-electron chi connectivity index (χ0n) is 24.8. The molecule has 1 aromatic rings. The van der Waals surface area contributed by atoms with Crippen molar-refractivity contribution in [2.45, 2.75) is 98.3 Å². The van der Waals surface area contributed by atoms with Gasteiger partial charge < -0.3 is 14.8 Å². The predicted octanol–water partition coefficient (Wildman–Crippen LogP) is 8.61. The third-order valence-corrected chi connectivity index (χ3v) is 7.43. The maximum absolute atomic E-state index is 13.9. The number of unbranched alkanes of at least 4 members (excludes halogenated alkanes) is 1. The van der Waals surface area contributed by atoms with Crippen LogP contribution in [0.2, 0.25) is 0 Å². The van der Waals surface area contributed by atoms with Gasteiger partial charge >= 0.3 is 12.1 Å². The normalized spacial score (nSPS) is 18.7. The summed E-state index contributed by atoms with van der Waals surface area (Å²) in [5.41, 5.74) is 1.87. The Balaban J connectivity index is 0.00000274. The van der Waals surface area contributed by atoms with Gasteiger partial charge in [-0.1, -0.05) is 88.9 Å². The highest BCUT2D eigenvalue weighted by Gasteiger charge is 2.36. The number of aliphatic carboxylic acids is 1. The van der Waals surface area contributed by atoms with Crippen molar-refractivity contribution in [1.29, 1.82) is 0 Å². The third-order valence-electron chi connectivity index (χ3n) is 7.43. The molecule has 1 saturated carbocycles. The van der Waals surface area contributed by atoms with E-state index in [1.165, 1.54) is 6.07 Å². The van der Waals surface area contributed by atoms with Crippen LogP contribution in [0.1, 0.15) is 102 Å². The topological polar surface area (TPSA) is 62.1 Å². The second kappa shape index (κ2) is 16.6. The number of hydrogen-bond donors (Lipinski definition) is 1. The minimum atomic E-state index is -4.40. The van der Waals surface area contributed by atoms with Crippen molar-refractivity contribution in [2.75, 3.05) is 19.6 Å². The smallest absolute Gasteiger partial charge is 0.416 e. The molecule has 0 radical (unpaired) electrons. The molecule has 1 aliphatic carbocycles. The van der Waals surface area contributed by atoms with Crippen LogP contribution in [0, 0.1) is 11.8 Å². The molecule has 1 aliphatic heterocycles. The Morgan fingerprint density at radius 2 is 1.88 bits per heavy atom. The lowest BCUT2D eigenvalue weighted by Crippen LogP contribution is -2.51. The lowest BCUT2D eigenvalue weighted by atomic mass is 9.81. The summed E-state index contributed by atoms with van der Waals surface area (Å²) in [6.07, 6.45) is 8.26. The van der Waals surface area contributed by atoms with E-state index in [-0.39, 0.29) is 24.4 Å². The van der Waals surface area contributed by atoms with Crippen molar-refractivity contribution in [1.82, 2.24) is 4.90 Å². The zero-order valence-corrected chi connectivity index (χ0v) is 24.8. The Labute approximate surface area is 238 Å². The van der Waals surface area contributed by atoms with Gasteiger partial charge in [0.1, 0.15) is 6.61 Å². The molecule has 3 rings (SSSR count). The molecule has 1 atom stereocenters. The Morgan fingerprint density at radius 1 is 1.20 bits per heavy atom.